The van der Waals surface area contributed by atoms with Gasteiger partial charge in [-0.1, -0.05) is 44.2 Å². The van der Waals surface area contributed by atoms with Crippen molar-refractivity contribution in [3.8, 4) is 0 Å². The van der Waals surface area contributed by atoms with Crippen molar-refractivity contribution in [2.24, 2.45) is 0 Å². The molecule has 1 aromatic rings. The zero-order valence-electron chi connectivity index (χ0n) is 11.6. The van der Waals surface area contributed by atoms with E-state index >= 15 is 0 Å². The third kappa shape index (κ3) is 3.84. The van der Waals surface area contributed by atoms with Crippen molar-refractivity contribution in [1.82, 2.24) is 4.90 Å². The van der Waals surface area contributed by atoms with Crippen LogP contribution in [0, 0.1) is 5.41 Å². The fourth-order valence-electron chi connectivity index (χ4n) is 2.16. The van der Waals surface area contributed by atoms with Gasteiger partial charge in [-0.25, -0.2) is 0 Å². The van der Waals surface area contributed by atoms with Crippen LogP contribution in [-0.4, -0.2) is 37.0 Å². The lowest BCUT2D eigenvalue weighted by Crippen LogP contribution is -2.41. The summed E-state index contributed by atoms with van der Waals surface area (Å²) >= 11 is 0. The van der Waals surface area contributed by atoms with Gasteiger partial charge in [0.15, 0.2) is 0 Å². The Kier molecular flexibility index (Phi) is 6.44. The predicted molar refractivity (Wildman–Crippen MR) is 76.2 cm³/mol. The maximum Gasteiger partial charge on any atom is 0.128 e. The lowest BCUT2D eigenvalue weighted by molar-refractivity contribution is 0.158. The average molecular weight is 248 g/mol. The molecule has 0 heterocycles. The van der Waals surface area contributed by atoms with Gasteiger partial charge in [0, 0.05) is 25.3 Å². The van der Waals surface area contributed by atoms with Gasteiger partial charge >= 0.3 is 0 Å². The van der Waals surface area contributed by atoms with Crippen molar-refractivity contribution in [3.05, 3.63) is 35.9 Å². The zero-order valence-corrected chi connectivity index (χ0v) is 11.6. The summed E-state index contributed by atoms with van der Waals surface area (Å²) in [4.78, 5) is 2.15. The number of amidine groups is 1. The summed E-state index contributed by atoms with van der Waals surface area (Å²) in [6.45, 7) is 5.78. The molecule has 0 aliphatic carbocycles. The van der Waals surface area contributed by atoms with E-state index in [1.807, 2.05) is 30.3 Å². The van der Waals surface area contributed by atoms with Gasteiger partial charge in [0.25, 0.3) is 0 Å². The molecular weight excluding hydrogens is 224 g/mol. The van der Waals surface area contributed by atoms with Gasteiger partial charge in [0.1, 0.15) is 5.84 Å². The standard InChI is InChI=1S/C15H24N2O/c1-4-14(5-2)17(11-12-18-3)15(16)13-9-7-6-8-10-13/h6-10,14,16H,4-5,11-12H2,1-3H3. The number of benzene rings is 1. The van der Waals surface area contributed by atoms with Crippen molar-refractivity contribution in [3.63, 3.8) is 0 Å². The molecule has 3 nitrogen and oxygen atoms in total. The van der Waals surface area contributed by atoms with E-state index < -0.39 is 0 Å². The molecule has 0 aliphatic heterocycles. The van der Waals surface area contributed by atoms with Gasteiger partial charge in [-0.15, -0.1) is 0 Å². The Balaban J connectivity index is 2.85. The molecule has 1 N–H and O–H groups in total. The maximum absolute atomic E-state index is 8.37. The molecule has 0 saturated heterocycles. The van der Waals surface area contributed by atoms with E-state index in [1.54, 1.807) is 7.11 Å². The largest absolute Gasteiger partial charge is 0.383 e. The third-order valence-electron chi connectivity index (χ3n) is 3.25. The first-order valence-electron chi connectivity index (χ1n) is 6.64. The van der Waals surface area contributed by atoms with Gasteiger partial charge in [0.2, 0.25) is 0 Å². The maximum atomic E-state index is 8.37. The highest BCUT2D eigenvalue weighted by atomic mass is 16.5. The number of methoxy groups -OCH3 is 1. The Morgan fingerprint density at radius 3 is 2.33 bits per heavy atom. The fraction of sp³-hybridized carbons (Fsp3) is 0.533. The molecule has 18 heavy (non-hydrogen) atoms. The lowest BCUT2D eigenvalue weighted by atomic mass is 10.1. The summed E-state index contributed by atoms with van der Waals surface area (Å²) in [5.41, 5.74) is 0.973. The van der Waals surface area contributed by atoms with E-state index in [1.165, 1.54) is 0 Å². The monoisotopic (exact) mass is 248 g/mol. The van der Waals surface area contributed by atoms with Crippen molar-refractivity contribution in [2.75, 3.05) is 20.3 Å². The van der Waals surface area contributed by atoms with E-state index in [4.69, 9.17) is 10.1 Å². The predicted octanol–water partition coefficient (Wildman–Crippen LogP) is 3.15. The molecule has 0 unspecified atom stereocenters. The van der Waals surface area contributed by atoms with Gasteiger partial charge in [-0.2, -0.15) is 0 Å². The molecule has 0 aromatic heterocycles. The van der Waals surface area contributed by atoms with Crippen LogP contribution in [0.25, 0.3) is 0 Å². The van der Waals surface area contributed by atoms with Crippen LogP contribution < -0.4 is 0 Å². The highest BCUT2D eigenvalue weighted by molar-refractivity contribution is 5.96. The molecule has 0 aliphatic rings. The Morgan fingerprint density at radius 1 is 1.22 bits per heavy atom. The average Bonchev–Trinajstić information content (AvgIpc) is 2.43. The van der Waals surface area contributed by atoms with E-state index in [0.717, 1.165) is 24.9 Å². The molecule has 0 spiro atoms. The summed E-state index contributed by atoms with van der Waals surface area (Å²) in [6, 6.07) is 10.3. The minimum absolute atomic E-state index is 0.410. The molecule has 0 bridgehead atoms. The van der Waals surface area contributed by atoms with E-state index in [2.05, 4.69) is 18.7 Å². The summed E-state index contributed by atoms with van der Waals surface area (Å²) in [6.07, 6.45) is 2.10. The van der Waals surface area contributed by atoms with E-state index in [-0.39, 0.29) is 0 Å². The van der Waals surface area contributed by atoms with Crippen LogP contribution in [0.3, 0.4) is 0 Å². The van der Waals surface area contributed by atoms with Crippen LogP contribution in [0.15, 0.2) is 30.3 Å². The lowest BCUT2D eigenvalue weighted by Gasteiger charge is -2.32. The minimum atomic E-state index is 0.410. The van der Waals surface area contributed by atoms with Crippen LogP contribution in [0.4, 0.5) is 0 Å². The van der Waals surface area contributed by atoms with Crippen LogP contribution in [0.2, 0.25) is 0 Å². The highest BCUT2D eigenvalue weighted by Gasteiger charge is 2.18. The van der Waals surface area contributed by atoms with Crippen molar-refractivity contribution in [1.29, 1.82) is 5.41 Å². The van der Waals surface area contributed by atoms with Crippen LogP contribution in [-0.2, 0) is 4.74 Å². The van der Waals surface area contributed by atoms with Crippen LogP contribution in [0.1, 0.15) is 32.3 Å². The second-order valence-corrected chi connectivity index (χ2v) is 4.37. The Morgan fingerprint density at radius 2 is 1.83 bits per heavy atom. The SMILES string of the molecule is CCC(CC)N(CCOC)C(=N)c1ccccc1. The zero-order chi connectivity index (χ0) is 13.4. The normalized spacial score (nSPS) is 10.7. The first-order chi connectivity index (χ1) is 8.74. The fourth-order valence-corrected chi connectivity index (χ4v) is 2.16. The smallest absolute Gasteiger partial charge is 0.128 e. The first-order valence-corrected chi connectivity index (χ1v) is 6.64. The van der Waals surface area contributed by atoms with Gasteiger partial charge in [-0.3, -0.25) is 5.41 Å². The molecule has 3 heteroatoms. The minimum Gasteiger partial charge on any atom is -0.383 e. The molecule has 100 valence electrons. The van der Waals surface area contributed by atoms with Crippen molar-refractivity contribution >= 4 is 5.84 Å². The second-order valence-electron chi connectivity index (χ2n) is 4.37. The summed E-state index contributed by atoms with van der Waals surface area (Å²) in [7, 11) is 1.71. The topological polar surface area (TPSA) is 36.3 Å². The van der Waals surface area contributed by atoms with E-state index in [0.29, 0.717) is 18.5 Å². The summed E-state index contributed by atoms with van der Waals surface area (Å²) < 4.78 is 5.16. The molecule has 0 saturated carbocycles. The number of hydrogen-bond acceptors (Lipinski definition) is 2. The number of ether oxygens (including phenoxy) is 1. The molecule has 0 amide bonds. The Bertz CT molecular complexity index is 347. The molecule has 1 rings (SSSR count). The van der Waals surface area contributed by atoms with Crippen LogP contribution in [0.5, 0.6) is 0 Å². The Labute approximate surface area is 110 Å². The molecular formula is C15H24N2O. The van der Waals surface area contributed by atoms with Gasteiger partial charge < -0.3 is 9.64 Å². The van der Waals surface area contributed by atoms with Crippen LogP contribution >= 0.6 is 0 Å². The number of nitrogens with one attached hydrogen (secondary N) is 1. The summed E-state index contributed by atoms with van der Waals surface area (Å²) in [5, 5.41) is 8.37. The number of rotatable bonds is 7. The molecule has 0 fully saturated rings. The number of hydrogen-bond donors (Lipinski definition) is 1. The van der Waals surface area contributed by atoms with Gasteiger partial charge in [-0.05, 0) is 12.8 Å². The van der Waals surface area contributed by atoms with E-state index in [9.17, 15) is 0 Å². The molecule has 0 radical (unpaired) electrons. The van der Waals surface area contributed by atoms with Crippen molar-refractivity contribution < 1.29 is 4.74 Å². The summed E-state index contributed by atoms with van der Waals surface area (Å²) in [5.74, 6) is 0.598. The Hall–Kier alpha value is -1.35. The molecule has 1 aromatic carbocycles. The van der Waals surface area contributed by atoms with Gasteiger partial charge in [0.05, 0.1) is 6.61 Å². The van der Waals surface area contributed by atoms with Crippen molar-refractivity contribution in [2.45, 2.75) is 32.7 Å². The number of nitrogens with zero attached hydrogens (tertiary/aromatic N) is 1. The highest BCUT2D eigenvalue weighted by Crippen LogP contribution is 2.13. The molecule has 0 atom stereocenters. The second kappa shape index (κ2) is 7.88. The third-order valence-corrected chi connectivity index (χ3v) is 3.25. The first kappa shape index (κ1) is 14.7. The quantitative estimate of drug-likeness (QED) is 0.594.